The number of hydrazone groups is 1. The zero-order chi connectivity index (χ0) is 15.2. The highest BCUT2D eigenvalue weighted by atomic mass is 16.3. The van der Waals surface area contributed by atoms with Crippen LogP contribution in [0.4, 0.5) is 0 Å². The van der Waals surface area contributed by atoms with Crippen molar-refractivity contribution in [3.8, 4) is 17.6 Å². The molecule has 0 aliphatic rings. The van der Waals surface area contributed by atoms with E-state index < -0.39 is 5.91 Å². The Morgan fingerprint density at radius 3 is 2.52 bits per heavy atom. The van der Waals surface area contributed by atoms with Crippen LogP contribution in [0.1, 0.15) is 21.5 Å². The first-order valence-electron chi connectivity index (χ1n) is 5.95. The Morgan fingerprint density at radius 2 is 1.90 bits per heavy atom. The monoisotopic (exact) mass is 281 g/mol. The number of hydrogen-bond donors (Lipinski definition) is 3. The van der Waals surface area contributed by atoms with Crippen LogP contribution in [0, 0.1) is 11.3 Å². The second kappa shape index (κ2) is 6.21. The summed E-state index contributed by atoms with van der Waals surface area (Å²) in [5.74, 6) is -1.07. The Labute approximate surface area is 120 Å². The predicted octanol–water partition coefficient (Wildman–Crippen LogP) is 1.73. The lowest BCUT2D eigenvalue weighted by Gasteiger charge is -2.03. The molecule has 0 spiro atoms. The van der Waals surface area contributed by atoms with Gasteiger partial charge < -0.3 is 10.2 Å². The van der Waals surface area contributed by atoms with E-state index in [1.54, 1.807) is 24.3 Å². The molecule has 0 aliphatic carbocycles. The molecule has 0 saturated carbocycles. The highest BCUT2D eigenvalue weighted by molar-refractivity contribution is 5.97. The number of rotatable bonds is 3. The normalized spacial score (nSPS) is 10.2. The van der Waals surface area contributed by atoms with Crippen LogP contribution < -0.4 is 5.43 Å². The molecule has 6 nitrogen and oxygen atoms in total. The van der Waals surface area contributed by atoms with Crippen molar-refractivity contribution in [2.45, 2.75) is 0 Å². The van der Waals surface area contributed by atoms with Gasteiger partial charge in [-0.2, -0.15) is 10.4 Å². The number of nitrogens with zero attached hydrogens (tertiary/aromatic N) is 2. The maximum Gasteiger partial charge on any atom is 0.275 e. The van der Waals surface area contributed by atoms with E-state index in [0.29, 0.717) is 11.1 Å². The first-order valence-corrected chi connectivity index (χ1v) is 5.95. The molecule has 0 fully saturated rings. The van der Waals surface area contributed by atoms with E-state index in [1.807, 2.05) is 6.07 Å². The van der Waals surface area contributed by atoms with Gasteiger partial charge in [0.05, 0.1) is 23.4 Å². The van der Waals surface area contributed by atoms with Crippen molar-refractivity contribution < 1.29 is 15.0 Å². The van der Waals surface area contributed by atoms with Gasteiger partial charge in [-0.25, -0.2) is 5.43 Å². The smallest absolute Gasteiger partial charge is 0.275 e. The molecule has 6 heteroatoms. The van der Waals surface area contributed by atoms with Gasteiger partial charge in [0.15, 0.2) is 0 Å². The van der Waals surface area contributed by atoms with Gasteiger partial charge in [-0.05, 0) is 29.8 Å². The quantitative estimate of drug-likeness (QED) is 0.588. The van der Waals surface area contributed by atoms with Crippen molar-refractivity contribution >= 4 is 12.1 Å². The lowest BCUT2D eigenvalue weighted by molar-refractivity contribution is 0.0952. The SMILES string of the molecule is N#Cc1ccc(/C=N\NC(=O)c2ccc(O)cc2O)cc1. The lowest BCUT2D eigenvalue weighted by atomic mass is 10.2. The first kappa shape index (κ1) is 14.1. The van der Waals surface area contributed by atoms with Gasteiger partial charge in [-0.3, -0.25) is 4.79 Å². The average Bonchev–Trinajstić information content (AvgIpc) is 2.47. The van der Waals surface area contributed by atoms with Crippen LogP contribution in [0.3, 0.4) is 0 Å². The Hall–Kier alpha value is -3.33. The second-order valence-corrected chi connectivity index (χ2v) is 4.13. The van der Waals surface area contributed by atoms with Gasteiger partial charge in [-0.1, -0.05) is 12.1 Å². The van der Waals surface area contributed by atoms with Gasteiger partial charge in [0, 0.05) is 6.07 Å². The van der Waals surface area contributed by atoms with Crippen LogP contribution in [0.5, 0.6) is 11.5 Å². The Morgan fingerprint density at radius 1 is 1.19 bits per heavy atom. The van der Waals surface area contributed by atoms with Crippen molar-refractivity contribution in [3.05, 3.63) is 59.2 Å². The standard InChI is InChI=1S/C15H11N3O3/c16-8-10-1-3-11(4-2-10)9-17-18-15(21)13-6-5-12(19)7-14(13)20/h1-7,9,19-20H,(H,18,21)/b17-9-. The number of benzene rings is 2. The average molecular weight is 281 g/mol. The molecular weight excluding hydrogens is 270 g/mol. The molecule has 0 atom stereocenters. The lowest BCUT2D eigenvalue weighted by Crippen LogP contribution is -2.17. The minimum Gasteiger partial charge on any atom is -0.508 e. The molecule has 0 unspecified atom stereocenters. The second-order valence-electron chi connectivity index (χ2n) is 4.13. The molecule has 0 bridgehead atoms. The van der Waals surface area contributed by atoms with E-state index >= 15 is 0 Å². The van der Waals surface area contributed by atoms with Crippen LogP contribution >= 0.6 is 0 Å². The van der Waals surface area contributed by atoms with Crippen molar-refractivity contribution in [1.82, 2.24) is 5.43 Å². The number of carbonyl (C=O) groups is 1. The summed E-state index contributed by atoms with van der Waals surface area (Å²) in [6.07, 6.45) is 1.41. The van der Waals surface area contributed by atoms with Crippen molar-refractivity contribution in [3.63, 3.8) is 0 Å². The van der Waals surface area contributed by atoms with Gasteiger partial charge in [0.1, 0.15) is 11.5 Å². The van der Waals surface area contributed by atoms with E-state index in [-0.39, 0.29) is 17.1 Å². The molecule has 21 heavy (non-hydrogen) atoms. The largest absolute Gasteiger partial charge is 0.508 e. The molecule has 104 valence electrons. The number of aromatic hydroxyl groups is 2. The molecule has 3 N–H and O–H groups in total. The van der Waals surface area contributed by atoms with Crippen LogP contribution in [-0.4, -0.2) is 22.3 Å². The fourth-order valence-electron chi connectivity index (χ4n) is 1.58. The summed E-state index contributed by atoms with van der Waals surface area (Å²) in [7, 11) is 0. The Bertz CT molecular complexity index is 731. The molecule has 1 amide bonds. The predicted molar refractivity (Wildman–Crippen MR) is 76.0 cm³/mol. The maximum atomic E-state index is 11.8. The Kier molecular flexibility index (Phi) is 4.17. The summed E-state index contributed by atoms with van der Waals surface area (Å²) in [6, 6.07) is 12.3. The summed E-state index contributed by atoms with van der Waals surface area (Å²) in [5, 5.41) is 31.1. The van der Waals surface area contributed by atoms with Gasteiger partial charge in [0.25, 0.3) is 5.91 Å². The summed E-state index contributed by atoms with van der Waals surface area (Å²) < 4.78 is 0. The highest BCUT2D eigenvalue weighted by Gasteiger charge is 2.10. The highest BCUT2D eigenvalue weighted by Crippen LogP contribution is 2.22. The van der Waals surface area contributed by atoms with Crippen LogP contribution in [-0.2, 0) is 0 Å². The molecule has 0 aliphatic heterocycles. The van der Waals surface area contributed by atoms with Crippen molar-refractivity contribution in [2.24, 2.45) is 5.10 Å². The summed E-state index contributed by atoms with van der Waals surface area (Å²) in [6.45, 7) is 0. The third kappa shape index (κ3) is 3.58. The van der Waals surface area contributed by atoms with E-state index in [1.165, 1.54) is 18.3 Å². The topological polar surface area (TPSA) is 106 Å². The number of amides is 1. The van der Waals surface area contributed by atoms with Crippen LogP contribution in [0.2, 0.25) is 0 Å². The third-order valence-corrected chi connectivity index (χ3v) is 2.65. The number of hydrogen-bond acceptors (Lipinski definition) is 5. The summed E-state index contributed by atoms with van der Waals surface area (Å²) >= 11 is 0. The fourth-order valence-corrected chi connectivity index (χ4v) is 1.58. The van der Waals surface area contributed by atoms with E-state index in [4.69, 9.17) is 10.4 Å². The van der Waals surface area contributed by atoms with Crippen LogP contribution in [0.25, 0.3) is 0 Å². The molecule has 0 radical (unpaired) electrons. The fraction of sp³-hybridized carbons (Fsp3) is 0. The molecule has 2 aromatic rings. The van der Waals surface area contributed by atoms with Gasteiger partial charge >= 0.3 is 0 Å². The number of phenols is 2. The molecule has 2 rings (SSSR count). The minimum atomic E-state index is -0.600. The summed E-state index contributed by atoms with van der Waals surface area (Å²) in [5.41, 5.74) is 3.51. The molecule has 2 aromatic carbocycles. The minimum absolute atomic E-state index is 0.00442. The first-order chi connectivity index (χ1) is 10.1. The molecule has 0 heterocycles. The number of phenolic OH excluding ortho intramolecular Hbond substituents is 2. The van der Waals surface area contributed by atoms with E-state index in [2.05, 4.69) is 10.5 Å². The zero-order valence-electron chi connectivity index (χ0n) is 10.8. The number of carbonyl (C=O) groups excluding carboxylic acids is 1. The number of nitriles is 1. The van der Waals surface area contributed by atoms with Crippen LogP contribution in [0.15, 0.2) is 47.6 Å². The van der Waals surface area contributed by atoms with Gasteiger partial charge in [-0.15, -0.1) is 0 Å². The van der Waals surface area contributed by atoms with Crippen molar-refractivity contribution in [1.29, 1.82) is 5.26 Å². The Balaban J connectivity index is 2.03. The molecule has 0 saturated heterocycles. The molecular formula is C15H11N3O3. The maximum absolute atomic E-state index is 11.8. The summed E-state index contributed by atoms with van der Waals surface area (Å²) in [4.78, 5) is 11.8. The van der Waals surface area contributed by atoms with E-state index in [9.17, 15) is 9.90 Å². The van der Waals surface area contributed by atoms with Crippen molar-refractivity contribution in [2.75, 3.05) is 0 Å². The number of nitrogens with one attached hydrogen (secondary N) is 1. The van der Waals surface area contributed by atoms with Gasteiger partial charge in [0.2, 0.25) is 0 Å². The zero-order valence-corrected chi connectivity index (χ0v) is 10.8. The third-order valence-electron chi connectivity index (χ3n) is 2.65. The molecule has 0 aromatic heterocycles. The van der Waals surface area contributed by atoms with E-state index in [0.717, 1.165) is 6.07 Å².